The van der Waals surface area contributed by atoms with Gasteiger partial charge in [-0.15, -0.1) is 0 Å². The van der Waals surface area contributed by atoms with Crippen LogP contribution in [0.3, 0.4) is 0 Å². The average Bonchev–Trinajstić information content (AvgIpc) is 2.91. The van der Waals surface area contributed by atoms with Crippen LogP contribution >= 0.6 is 0 Å². The standard InChI is InChI=1S/C15H16O6/c1-20-15(19)12-8-10(7-11(12)13(16)17)21-14(18)9-5-3-2-4-6-9/h2-6,10-12H,7-8H2,1H3,(H,16,17)/t10-,11-,12-/m1/s1. The number of methoxy groups -OCH3 is 1. The van der Waals surface area contributed by atoms with E-state index in [9.17, 15) is 14.4 Å². The van der Waals surface area contributed by atoms with Crippen molar-refractivity contribution in [3.63, 3.8) is 0 Å². The lowest BCUT2D eigenvalue weighted by Gasteiger charge is -2.12. The zero-order valence-electron chi connectivity index (χ0n) is 11.5. The van der Waals surface area contributed by atoms with E-state index in [0.29, 0.717) is 5.56 Å². The molecular formula is C15H16O6. The lowest BCUT2D eigenvalue weighted by molar-refractivity contribution is -0.154. The summed E-state index contributed by atoms with van der Waals surface area (Å²) in [7, 11) is 1.21. The third kappa shape index (κ3) is 3.39. The Labute approximate surface area is 121 Å². The molecule has 1 N–H and O–H groups in total. The molecule has 2 rings (SSSR count). The maximum absolute atomic E-state index is 11.9. The third-order valence-corrected chi connectivity index (χ3v) is 3.62. The highest BCUT2D eigenvalue weighted by Crippen LogP contribution is 2.35. The van der Waals surface area contributed by atoms with E-state index in [-0.39, 0.29) is 12.8 Å². The normalized spacial score (nSPS) is 24.3. The zero-order chi connectivity index (χ0) is 15.4. The molecule has 1 aromatic rings. The number of hydrogen-bond acceptors (Lipinski definition) is 5. The first-order valence-electron chi connectivity index (χ1n) is 6.59. The number of hydrogen-bond donors (Lipinski definition) is 1. The van der Waals surface area contributed by atoms with E-state index in [1.165, 1.54) is 7.11 Å². The Balaban J connectivity index is 2.04. The molecule has 1 aliphatic carbocycles. The lowest BCUT2D eigenvalue weighted by Crippen LogP contribution is -2.26. The summed E-state index contributed by atoms with van der Waals surface area (Å²) < 4.78 is 9.90. The zero-order valence-corrected chi connectivity index (χ0v) is 11.5. The summed E-state index contributed by atoms with van der Waals surface area (Å²) in [6.07, 6.45) is -0.307. The summed E-state index contributed by atoms with van der Waals surface area (Å²) in [6.45, 7) is 0. The molecular weight excluding hydrogens is 276 g/mol. The van der Waals surface area contributed by atoms with Crippen molar-refractivity contribution < 1.29 is 29.0 Å². The first-order chi connectivity index (χ1) is 10.0. The highest BCUT2D eigenvalue weighted by atomic mass is 16.5. The van der Waals surface area contributed by atoms with Crippen molar-refractivity contribution in [1.82, 2.24) is 0 Å². The molecule has 0 aromatic heterocycles. The van der Waals surface area contributed by atoms with Crippen molar-refractivity contribution in [2.45, 2.75) is 18.9 Å². The largest absolute Gasteiger partial charge is 0.481 e. The van der Waals surface area contributed by atoms with E-state index in [4.69, 9.17) is 9.84 Å². The average molecular weight is 292 g/mol. The first kappa shape index (κ1) is 15.0. The fourth-order valence-corrected chi connectivity index (χ4v) is 2.57. The van der Waals surface area contributed by atoms with Crippen LogP contribution in [0.5, 0.6) is 0 Å². The lowest BCUT2D eigenvalue weighted by atomic mass is 9.97. The molecule has 0 spiro atoms. The van der Waals surface area contributed by atoms with Crippen molar-refractivity contribution in [1.29, 1.82) is 0 Å². The minimum absolute atomic E-state index is 0.119. The molecule has 6 heteroatoms. The Morgan fingerprint density at radius 2 is 1.71 bits per heavy atom. The van der Waals surface area contributed by atoms with Gasteiger partial charge in [-0.1, -0.05) is 18.2 Å². The molecule has 1 fully saturated rings. The van der Waals surface area contributed by atoms with Crippen LogP contribution in [0.2, 0.25) is 0 Å². The van der Waals surface area contributed by atoms with Gasteiger partial charge in [-0.2, -0.15) is 0 Å². The van der Waals surface area contributed by atoms with Gasteiger partial charge in [-0.25, -0.2) is 4.79 Å². The molecule has 1 saturated carbocycles. The fraction of sp³-hybridized carbons (Fsp3) is 0.400. The van der Waals surface area contributed by atoms with Gasteiger partial charge in [0, 0.05) is 0 Å². The summed E-state index contributed by atoms with van der Waals surface area (Å²) >= 11 is 0. The van der Waals surface area contributed by atoms with Gasteiger partial charge >= 0.3 is 17.9 Å². The van der Waals surface area contributed by atoms with Crippen molar-refractivity contribution >= 4 is 17.9 Å². The molecule has 0 bridgehead atoms. The van der Waals surface area contributed by atoms with Gasteiger partial charge in [-0.05, 0) is 25.0 Å². The van der Waals surface area contributed by atoms with Crippen molar-refractivity contribution in [3.05, 3.63) is 35.9 Å². The van der Waals surface area contributed by atoms with Gasteiger partial charge < -0.3 is 14.6 Å². The highest BCUT2D eigenvalue weighted by molar-refractivity contribution is 5.89. The van der Waals surface area contributed by atoms with Crippen LogP contribution in [0.25, 0.3) is 0 Å². The second kappa shape index (κ2) is 6.39. The number of carbonyl (C=O) groups is 3. The number of ether oxygens (including phenoxy) is 2. The van der Waals surface area contributed by atoms with Crippen molar-refractivity contribution in [3.8, 4) is 0 Å². The van der Waals surface area contributed by atoms with Crippen LogP contribution in [0.4, 0.5) is 0 Å². The molecule has 0 aliphatic heterocycles. The van der Waals surface area contributed by atoms with Gasteiger partial charge in [0.2, 0.25) is 0 Å². The SMILES string of the molecule is COC(=O)[C@@H]1C[C@H](OC(=O)c2ccccc2)C[C@H]1C(=O)O. The molecule has 112 valence electrons. The molecule has 0 amide bonds. The molecule has 6 nitrogen and oxygen atoms in total. The second-order valence-electron chi connectivity index (χ2n) is 4.94. The quantitative estimate of drug-likeness (QED) is 0.846. The number of carboxylic acid groups (broad SMARTS) is 1. The maximum atomic E-state index is 11.9. The molecule has 21 heavy (non-hydrogen) atoms. The van der Waals surface area contributed by atoms with Gasteiger partial charge in [0.15, 0.2) is 0 Å². The Hall–Kier alpha value is -2.37. The maximum Gasteiger partial charge on any atom is 0.338 e. The molecule has 3 atom stereocenters. The minimum Gasteiger partial charge on any atom is -0.481 e. The van der Waals surface area contributed by atoms with Gasteiger partial charge in [0.05, 0.1) is 24.5 Å². The molecule has 0 saturated heterocycles. The van der Waals surface area contributed by atoms with Crippen LogP contribution in [0.15, 0.2) is 30.3 Å². The fourth-order valence-electron chi connectivity index (χ4n) is 2.57. The smallest absolute Gasteiger partial charge is 0.338 e. The molecule has 1 aromatic carbocycles. The van der Waals surface area contributed by atoms with E-state index in [1.54, 1.807) is 30.3 Å². The number of benzene rings is 1. The first-order valence-corrected chi connectivity index (χ1v) is 6.59. The highest BCUT2D eigenvalue weighted by Gasteiger charge is 2.45. The topological polar surface area (TPSA) is 89.9 Å². The van der Waals surface area contributed by atoms with Gasteiger partial charge in [0.1, 0.15) is 6.10 Å². The van der Waals surface area contributed by atoms with Crippen molar-refractivity contribution in [2.75, 3.05) is 7.11 Å². The van der Waals surface area contributed by atoms with Gasteiger partial charge in [0.25, 0.3) is 0 Å². The number of aliphatic carboxylic acids is 1. The molecule has 0 radical (unpaired) electrons. The Kier molecular flexibility index (Phi) is 4.57. The van der Waals surface area contributed by atoms with Gasteiger partial charge in [-0.3, -0.25) is 9.59 Å². The van der Waals surface area contributed by atoms with E-state index in [0.717, 1.165) is 0 Å². The van der Waals surface area contributed by atoms with Crippen molar-refractivity contribution in [2.24, 2.45) is 11.8 Å². The third-order valence-electron chi connectivity index (χ3n) is 3.62. The van der Waals surface area contributed by atoms with Crippen LogP contribution in [0.1, 0.15) is 23.2 Å². The number of carbonyl (C=O) groups excluding carboxylic acids is 2. The van der Waals surface area contributed by atoms with E-state index in [1.807, 2.05) is 0 Å². The number of esters is 2. The second-order valence-corrected chi connectivity index (χ2v) is 4.94. The Bertz CT molecular complexity index is 538. The van der Waals surface area contributed by atoms with E-state index in [2.05, 4.69) is 4.74 Å². The summed E-state index contributed by atoms with van der Waals surface area (Å²) in [4.78, 5) is 34.7. The van der Waals surface area contributed by atoms with Crippen LogP contribution in [-0.4, -0.2) is 36.2 Å². The molecule has 0 unspecified atom stereocenters. The Morgan fingerprint density at radius 3 is 2.29 bits per heavy atom. The predicted octanol–water partition coefficient (Wildman–Crippen LogP) is 1.50. The van der Waals surface area contributed by atoms with E-state index < -0.39 is 35.8 Å². The monoisotopic (exact) mass is 292 g/mol. The predicted molar refractivity (Wildman–Crippen MR) is 71.5 cm³/mol. The van der Waals surface area contributed by atoms with Crippen LogP contribution in [-0.2, 0) is 19.1 Å². The summed E-state index contributed by atoms with van der Waals surface area (Å²) in [5, 5.41) is 9.15. The molecule has 0 heterocycles. The number of carboxylic acids is 1. The molecule has 1 aliphatic rings. The number of rotatable bonds is 4. The van der Waals surface area contributed by atoms with Crippen LogP contribution in [0, 0.1) is 11.8 Å². The minimum atomic E-state index is -1.08. The summed E-state index contributed by atoms with van der Waals surface area (Å²) in [5.74, 6) is -3.84. The Morgan fingerprint density at radius 1 is 1.10 bits per heavy atom. The van der Waals surface area contributed by atoms with E-state index >= 15 is 0 Å². The van der Waals surface area contributed by atoms with Crippen LogP contribution < -0.4 is 0 Å². The summed E-state index contributed by atoms with van der Waals surface area (Å²) in [5.41, 5.74) is 0.394. The summed E-state index contributed by atoms with van der Waals surface area (Å²) in [6, 6.07) is 8.43.